The van der Waals surface area contributed by atoms with Crippen molar-refractivity contribution in [2.45, 2.75) is 100 Å². The molecule has 2 aromatic heterocycles. The predicted octanol–water partition coefficient (Wildman–Crippen LogP) is 7.01. The molecule has 0 radical (unpaired) electrons. The van der Waals surface area contributed by atoms with Gasteiger partial charge in [-0.2, -0.15) is 4.98 Å². The topological polar surface area (TPSA) is 199 Å². The first-order valence-corrected chi connectivity index (χ1v) is 19.6. The Balaban J connectivity index is 0.000000232. The third-order valence-corrected chi connectivity index (χ3v) is 9.06. The maximum absolute atomic E-state index is 11.4. The molecule has 56 heavy (non-hydrogen) atoms. The minimum Gasteiger partial charge on any atom is -0.326 e. The summed E-state index contributed by atoms with van der Waals surface area (Å²) >= 11 is 5.97. The molecule has 304 valence electrons. The molecule has 0 unspecified atom stereocenters. The van der Waals surface area contributed by atoms with Gasteiger partial charge in [-0.1, -0.05) is 32.4 Å². The molecule has 9 N–H and O–H groups in total. The largest absolute Gasteiger partial charge is 0.326 e. The lowest BCUT2D eigenvalue weighted by atomic mass is 10.0. The van der Waals surface area contributed by atoms with Gasteiger partial charge in [0.25, 0.3) is 0 Å². The zero-order valence-electron chi connectivity index (χ0n) is 34.2. The first-order chi connectivity index (χ1) is 26.8. The fourth-order valence-electron chi connectivity index (χ4n) is 5.79. The molecule has 0 spiro atoms. The van der Waals surface area contributed by atoms with E-state index in [-0.39, 0.29) is 11.8 Å². The van der Waals surface area contributed by atoms with Crippen molar-refractivity contribution in [3.8, 4) is 0 Å². The fourth-order valence-corrected chi connectivity index (χ4v) is 5.92. The van der Waals surface area contributed by atoms with Crippen LogP contribution in [0.1, 0.15) is 83.6 Å². The van der Waals surface area contributed by atoms with E-state index in [4.69, 9.17) is 17.4 Å². The second kappa shape index (κ2) is 23.2. The van der Waals surface area contributed by atoms with Crippen molar-refractivity contribution >= 4 is 63.9 Å². The molecular weight excluding hydrogens is 730 g/mol. The van der Waals surface area contributed by atoms with Gasteiger partial charge < -0.3 is 26.7 Å². The van der Waals surface area contributed by atoms with Crippen LogP contribution in [0.5, 0.6) is 0 Å². The number of rotatable bonds is 11. The first-order valence-electron chi connectivity index (χ1n) is 19.2. The number of nitrogens with zero attached hydrogens (tertiary/aromatic N) is 5. The van der Waals surface area contributed by atoms with Gasteiger partial charge in [-0.15, -0.1) is 0 Å². The number of aryl methyl sites for hydroxylation is 4. The van der Waals surface area contributed by atoms with Crippen LogP contribution in [0.15, 0.2) is 48.8 Å². The highest BCUT2D eigenvalue weighted by Crippen LogP contribution is 2.28. The molecule has 2 aliphatic heterocycles. The Labute approximate surface area is 336 Å². The fraction of sp³-hybridized carbons (Fsp3) is 0.450. The normalized spacial score (nSPS) is 12.8. The molecule has 4 aromatic rings. The molecule has 15 nitrogen and oxygen atoms in total. The second-order valence-electron chi connectivity index (χ2n) is 13.7. The van der Waals surface area contributed by atoms with Crippen LogP contribution in [-0.4, -0.2) is 68.4 Å². The number of fused-ring (bicyclic) bond motifs is 2. The van der Waals surface area contributed by atoms with Gasteiger partial charge in [0, 0.05) is 84.3 Å². The minimum atomic E-state index is 0.0619. The summed E-state index contributed by atoms with van der Waals surface area (Å²) in [5, 5.41) is 12.5. The molecule has 0 saturated heterocycles. The Bertz CT molecular complexity index is 1860. The van der Waals surface area contributed by atoms with E-state index in [1.54, 1.807) is 12.4 Å². The van der Waals surface area contributed by atoms with E-state index in [9.17, 15) is 9.59 Å². The van der Waals surface area contributed by atoms with E-state index in [1.807, 2.05) is 64.1 Å². The Hall–Kier alpha value is -4.93. The second-order valence-corrected chi connectivity index (χ2v) is 14.1. The number of benzene rings is 2. The molecule has 4 heterocycles. The molecule has 16 heteroatoms. The van der Waals surface area contributed by atoms with Crippen molar-refractivity contribution in [1.82, 2.24) is 35.7 Å². The van der Waals surface area contributed by atoms with E-state index < -0.39 is 0 Å². The standard InChI is InChI=1S/C16H20N6O.C14H13ClN4O.C8H19N.C2H8N2/c1-3-18-22-15-10(2)9-17-16(21-15)19-12-5-6-13-11(8-12)4-7-14(23)20-13;1-8-7-16-14(19-13(8)15)17-10-3-4-11-9(6-10)2-5-12(20)18-11;1-6-9(7(2)3)8(4)5;1-2-4-3/h5-6,8-9,18H,3-4,7H2,1-2H3,(H,20,23)(H2,17,19,21,22);3-4,6-7H,2,5H2,1H3,(H,18,20)(H,16,17,19);7-8H,6H2,1-5H3;4H,2-3H2,1H3. The predicted molar refractivity (Wildman–Crippen MR) is 230 cm³/mol. The van der Waals surface area contributed by atoms with Gasteiger partial charge in [0.05, 0.1) is 0 Å². The van der Waals surface area contributed by atoms with E-state index in [0.29, 0.717) is 42.0 Å². The third-order valence-electron chi connectivity index (χ3n) is 8.67. The lowest BCUT2D eigenvalue weighted by Crippen LogP contribution is -2.36. The maximum atomic E-state index is 11.4. The number of hydrogen-bond acceptors (Lipinski definition) is 13. The van der Waals surface area contributed by atoms with Crippen LogP contribution >= 0.6 is 11.6 Å². The third kappa shape index (κ3) is 14.6. The number of hydrazine groups is 2. The summed E-state index contributed by atoms with van der Waals surface area (Å²) in [5.41, 5.74) is 16.1. The van der Waals surface area contributed by atoms with Crippen LogP contribution < -0.4 is 43.4 Å². The Morgan fingerprint density at radius 3 is 1.64 bits per heavy atom. The molecule has 0 saturated carbocycles. The molecule has 0 bridgehead atoms. The number of carbonyl (C=O) groups excluding carboxylic acids is 2. The summed E-state index contributed by atoms with van der Waals surface area (Å²) < 4.78 is 0. The Morgan fingerprint density at radius 2 is 1.23 bits per heavy atom. The summed E-state index contributed by atoms with van der Waals surface area (Å²) in [6.07, 6.45) is 5.98. The SMILES string of the molecule is CCN(C(C)C)C(C)C.CCNN.CCNNc1nc(Nc2ccc3c(c2)CCC(=O)N3)ncc1C.Cc1cnc(Nc2ccc3c(c2)CCC(=O)N3)nc1Cl. The molecule has 0 aliphatic carbocycles. The summed E-state index contributed by atoms with van der Waals surface area (Å²) in [7, 11) is 0. The van der Waals surface area contributed by atoms with E-state index in [2.05, 4.69) is 97.0 Å². The lowest BCUT2D eigenvalue weighted by molar-refractivity contribution is -0.117. The van der Waals surface area contributed by atoms with Gasteiger partial charge in [0.1, 0.15) is 11.0 Å². The van der Waals surface area contributed by atoms with Gasteiger partial charge in [-0.3, -0.25) is 25.8 Å². The van der Waals surface area contributed by atoms with Crippen LogP contribution in [0.3, 0.4) is 0 Å². The molecular formula is C40H60ClN13O2. The highest BCUT2D eigenvalue weighted by Gasteiger charge is 2.16. The van der Waals surface area contributed by atoms with Crippen molar-refractivity contribution in [1.29, 1.82) is 0 Å². The summed E-state index contributed by atoms with van der Waals surface area (Å²) in [4.78, 5) is 42.3. The highest BCUT2D eigenvalue weighted by atomic mass is 35.5. The zero-order valence-corrected chi connectivity index (χ0v) is 35.0. The van der Waals surface area contributed by atoms with Crippen molar-refractivity contribution in [3.63, 3.8) is 0 Å². The van der Waals surface area contributed by atoms with Crippen molar-refractivity contribution in [3.05, 3.63) is 76.2 Å². The lowest BCUT2D eigenvalue weighted by Gasteiger charge is -2.28. The molecule has 0 fully saturated rings. The Morgan fingerprint density at radius 1 is 0.750 bits per heavy atom. The van der Waals surface area contributed by atoms with Gasteiger partial charge in [-0.05, 0) is 108 Å². The number of aromatic nitrogens is 4. The van der Waals surface area contributed by atoms with Gasteiger partial charge in [0.2, 0.25) is 23.7 Å². The zero-order chi connectivity index (χ0) is 41.2. The van der Waals surface area contributed by atoms with E-state index in [0.717, 1.165) is 83.3 Å². The quantitative estimate of drug-likeness (QED) is 0.0439. The monoisotopic (exact) mass is 789 g/mol. The number of hydrogen-bond donors (Lipinski definition) is 8. The van der Waals surface area contributed by atoms with Crippen LogP contribution in [0.25, 0.3) is 0 Å². The molecule has 2 aliphatic rings. The van der Waals surface area contributed by atoms with Gasteiger partial charge in [0.15, 0.2) is 0 Å². The molecule has 2 amide bonds. The van der Waals surface area contributed by atoms with E-state index in [1.165, 1.54) is 0 Å². The van der Waals surface area contributed by atoms with Crippen molar-refractivity contribution < 1.29 is 9.59 Å². The van der Waals surface area contributed by atoms with Crippen LogP contribution in [-0.2, 0) is 22.4 Å². The number of nitrogens with one attached hydrogen (secondary N) is 7. The van der Waals surface area contributed by atoms with Gasteiger partial charge in [-0.25, -0.2) is 20.4 Å². The van der Waals surface area contributed by atoms with Crippen molar-refractivity contribution in [2.24, 2.45) is 5.84 Å². The summed E-state index contributed by atoms with van der Waals surface area (Å²) in [5.74, 6) is 6.64. The summed E-state index contributed by atoms with van der Waals surface area (Å²) in [6.45, 7) is 21.7. The van der Waals surface area contributed by atoms with Crippen LogP contribution in [0.2, 0.25) is 5.15 Å². The number of nitrogens with two attached hydrogens (primary N) is 1. The molecule has 2 aromatic carbocycles. The minimum absolute atomic E-state index is 0.0619. The number of amides is 2. The number of anilines is 7. The maximum Gasteiger partial charge on any atom is 0.229 e. The highest BCUT2D eigenvalue weighted by molar-refractivity contribution is 6.30. The molecule has 0 atom stereocenters. The first kappa shape index (κ1) is 45.5. The molecule has 6 rings (SSSR count). The van der Waals surface area contributed by atoms with Crippen LogP contribution in [0.4, 0.5) is 40.5 Å². The number of halogens is 1. The summed E-state index contributed by atoms with van der Waals surface area (Å²) in [6, 6.07) is 13.0. The average Bonchev–Trinajstić information content (AvgIpc) is 3.17. The smallest absolute Gasteiger partial charge is 0.229 e. The number of carbonyl (C=O) groups is 2. The Kier molecular flexibility index (Phi) is 18.8. The van der Waals surface area contributed by atoms with E-state index >= 15 is 0 Å². The van der Waals surface area contributed by atoms with Gasteiger partial charge >= 0.3 is 0 Å². The van der Waals surface area contributed by atoms with Crippen molar-refractivity contribution in [2.75, 3.05) is 46.3 Å². The van der Waals surface area contributed by atoms with Crippen LogP contribution in [0, 0.1) is 13.8 Å². The average molecular weight is 790 g/mol.